The van der Waals surface area contributed by atoms with Crippen LogP contribution in [0.5, 0.6) is 0 Å². The van der Waals surface area contributed by atoms with Crippen LogP contribution in [0.25, 0.3) is 11.0 Å². The summed E-state index contributed by atoms with van der Waals surface area (Å²) in [5.41, 5.74) is 3.63. The van der Waals surface area contributed by atoms with Crippen LogP contribution in [0.15, 0.2) is 18.2 Å². The molecule has 1 fully saturated rings. The van der Waals surface area contributed by atoms with Crippen molar-refractivity contribution < 1.29 is 0 Å². The number of likely N-dealkylation sites (tertiary alicyclic amines) is 1. The zero-order chi connectivity index (χ0) is 14.8. The third-order valence-corrected chi connectivity index (χ3v) is 4.59. The third kappa shape index (κ3) is 3.09. The SMILES string of the molecule is Cc1ccc2nc(CCCl)n(C(C)CN3CCCC3)c2c1. The smallest absolute Gasteiger partial charge is 0.111 e. The van der Waals surface area contributed by atoms with E-state index in [2.05, 4.69) is 41.5 Å². The summed E-state index contributed by atoms with van der Waals surface area (Å²) in [4.78, 5) is 7.37. The molecule has 0 spiro atoms. The fourth-order valence-corrected chi connectivity index (χ4v) is 3.60. The summed E-state index contributed by atoms with van der Waals surface area (Å²) in [6.45, 7) is 8.03. The van der Waals surface area contributed by atoms with Crippen molar-refractivity contribution in [2.75, 3.05) is 25.5 Å². The van der Waals surface area contributed by atoms with Gasteiger partial charge in [-0.3, -0.25) is 0 Å². The van der Waals surface area contributed by atoms with Gasteiger partial charge in [-0.15, -0.1) is 11.6 Å². The first-order valence-corrected chi connectivity index (χ1v) is 8.48. The highest BCUT2D eigenvalue weighted by Crippen LogP contribution is 2.24. The van der Waals surface area contributed by atoms with Crippen molar-refractivity contribution >= 4 is 22.6 Å². The maximum Gasteiger partial charge on any atom is 0.111 e. The first-order valence-electron chi connectivity index (χ1n) is 7.95. The van der Waals surface area contributed by atoms with Gasteiger partial charge in [0.2, 0.25) is 0 Å². The maximum absolute atomic E-state index is 5.98. The van der Waals surface area contributed by atoms with Gasteiger partial charge in [-0.2, -0.15) is 0 Å². The summed E-state index contributed by atoms with van der Waals surface area (Å²) < 4.78 is 2.41. The first kappa shape index (κ1) is 14.9. The van der Waals surface area contributed by atoms with Gasteiger partial charge in [0.05, 0.1) is 11.0 Å². The maximum atomic E-state index is 5.98. The van der Waals surface area contributed by atoms with E-state index >= 15 is 0 Å². The number of hydrogen-bond donors (Lipinski definition) is 0. The number of halogens is 1. The summed E-state index contributed by atoms with van der Waals surface area (Å²) in [6, 6.07) is 6.95. The molecule has 3 rings (SSSR count). The lowest BCUT2D eigenvalue weighted by molar-refractivity contribution is 0.288. The molecule has 1 aliphatic heterocycles. The van der Waals surface area contributed by atoms with Gasteiger partial charge in [0.1, 0.15) is 5.82 Å². The van der Waals surface area contributed by atoms with Crippen LogP contribution in [0.1, 0.15) is 37.2 Å². The lowest BCUT2D eigenvalue weighted by Gasteiger charge is -2.23. The summed E-state index contributed by atoms with van der Waals surface area (Å²) in [7, 11) is 0. The molecule has 1 aromatic heterocycles. The second kappa shape index (κ2) is 6.37. The summed E-state index contributed by atoms with van der Waals surface area (Å²) in [5.74, 6) is 1.75. The monoisotopic (exact) mass is 305 g/mol. The number of nitrogens with zero attached hydrogens (tertiary/aromatic N) is 3. The van der Waals surface area contributed by atoms with Gasteiger partial charge in [-0.25, -0.2) is 4.98 Å². The number of fused-ring (bicyclic) bond motifs is 1. The fraction of sp³-hybridized carbons (Fsp3) is 0.588. The molecule has 0 bridgehead atoms. The molecule has 1 unspecified atom stereocenters. The molecule has 1 aromatic carbocycles. The number of aromatic nitrogens is 2. The van der Waals surface area contributed by atoms with Crippen molar-refractivity contribution in [3.05, 3.63) is 29.6 Å². The Hall–Kier alpha value is -1.06. The fourth-order valence-electron chi connectivity index (χ4n) is 3.43. The normalized spacial score (nSPS) is 17.7. The zero-order valence-electron chi connectivity index (χ0n) is 13.0. The van der Waals surface area contributed by atoms with E-state index in [1.54, 1.807) is 0 Å². The largest absolute Gasteiger partial charge is 0.324 e. The molecule has 21 heavy (non-hydrogen) atoms. The van der Waals surface area contributed by atoms with Crippen molar-refractivity contribution in [3.63, 3.8) is 0 Å². The molecule has 0 aliphatic carbocycles. The lowest BCUT2D eigenvalue weighted by Crippen LogP contribution is -2.28. The molecule has 1 atom stereocenters. The van der Waals surface area contributed by atoms with Crippen LogP contribution in [0.3, 0.4) is 0 Å². The van der Waals surface area contributed by atoms with Crippen molar-refractivity contribution in [2.24, 2.45) is 0 Å². The summed E-state index contributed by atoms with van der Waals surface area (Å²) >= 11 is 5.98. The average molecular weight is 306 g/mol. The van der Waals surface area contributed by atoms with Crippen molar-refractivity contribution in [2.45, 2.75) is 39.2 Å². The molecule has 2 aromatic rings. The van der Waals surface area contributed by atoms with Crippen molar-refractivity contribution in [1.29, 1.82) is 0 Å². The van der Waals surface area contributed by atoms with Gasteiger partial charge in [0.25, 0.3) is 0 Å². The molecule has 0 saturated carbocycles. The second-order valence-electron chi connectivity index (χ2n) is 6.19. The highest BCUT2D eigenvalue weighted by Gasteiger charge is 2.20. The first-order chi connectivity index (χ1) is 10.2. The standard InChI is InChI=1S/C17H24ClN3/c1-13-5-6-15-16(11-13)21(17(19-15)7-8-18)14(2)12-20-9-3-4-10-20/h5-6,11,14H,3-4,7-10,12H2,1-2H3. The quantitative estimate of drug-likeness (QED) is 0.784. The Kier molecular flexibility index (Phi) is 4.51. The number of rotatable bonds is 5. The average Bonchev–Trinajstić information content (AvgIpc) is 3.06. The topological polar surface area (TPSA) is 21.1 Å². The van der Waals surface area contributed by atoms with Gasteiger partial charge >= 0.3 is 0 Å². The molecule has 0 radical (unpaired) electrons. The Morgan fingerprint density at radius 2 is 2.05 bits per heavy atom. The van der Waals surface area contributed by atoms with Crippen LogP contribution < -0.4 is 0 Å². The Morgan fingerprint density at radius 1 is 1.29 bits per heavy atom. The predicted octanol–water partition coefficient (Wildman–Crippen LogP) is 3.78. The molecular formula is C17H24ClN3. The Morgan fingerprint density at radius 3 is 2.76 bits per heavy atom. The molecule has 4 heteroatoms. The van der Waals surface area contributed by atoms with E-state index in [0.717, 1.165) is 24.3 Å². The lowest BCUT2D eigenvalue weighted by atomic mass is 10.2. The van der Waals surface area contributed by atoms with E-state index in [9.17, 15) is 0 Å². The summed E-state index contributed by atoms with van der Waals surface area (Å²) in [5, 5.41) is 0. The van der Waals surface area contributed by atoms with Gasteiger partial charge < -0.3 is 9.47 Å². The molecule has 114 valence electrons. The van der Waals surface area contributed by atoms with Gasteiger partial charge in [-0.05, 0) is 57.5 Å². The van der Waals surface area contributed by atoms with E-state index in [1.165, 1.54) is 37.0 Å². The van der Waals surface area contributed by atoms with Crippen molar-refractivity contribution in [3.8, 4) is 0 Å². The van der Waals surface area contributed by atoms with Crippen LogP contribution in [0.4, 0.5) is 0 Å². The predicted molar refractivity (Wildman–Crippen MR) is 89.3 cm³/mol. The number of benzene rings is 1. The van der Waals surface area contributed by atoms with Crippen LogP contribution in [-0.2, 0) is 6.42 Å². The molecule has 3 nitrogen and oxygen atoms in total. The number of hydrogen-bond acceptors (Lipinski definition) is 2. The molecule has 0 N–H and O–H groups in total. The van der Waals surface area contributed by atoms with E-state index in [1.807, 2.05) is 0 Å². The highest BCUT2D eigenvalue weighted by atomic mass is 35.5. The Balaban J connectivity index is 1.96. The summed E-state index contributed by atoms with van der Waals surface area (Å²) in [6.07, 6.45) is 3.51. The Bertz CT molecular complexity index is 614. The van der Waals surface area contributed by atoms with E-state index in [-0.39, 0.29) is 0 Å². The van der Waals surface area contributed by atoms with Crippen molar-refractivity contribution in [1.82, 2.24) is 14.5 Å². The van der Waals surface area contributed by atoms with Gasteiger partial charge in [0, 0.05) is 24.9 Å². The van der Waals surface area contributed by atoms with Crippen LogP contribution in [0.2, 0.25) is 0 Å². The molecule has 0 amide bonds. The van der Waals surface area contributed by atoms with E-state index in [4.69, 9.17) is 16.6 Å². The zero-order valence-corrected chi connectivity index (χ0v) is 13.7. The minimum atomic E-state index is 0.438. The van der Waals surface area contributed by atoms with Crippen LogP contribution in [0, 0.1) is 6.92 Å². The molecule has 2 heterocycles. The number of imidazole rings is 1. The van der Waals surface area contributed by atoms with Crippen LogP contribution in [-0.4, -0.2) is 40.0 Å². The highest BCUT2D eigenvalue weighted by molar-refractivity contribution is 6.17. The second-order valence-corrected chi connectivity index (χ2v) is 6.56. The van der Waals surface area contributed by atoms with E-state index in [0.29, 0.717) is 11.9 Å². The molecular weight excluding hydrogens is 282 g/mol. The van der Waals surface area contributed by atoms with Crippen LogP contribution >= 0.6 is 11.6 Å². The molecule has 1 aliphatic rings. The third-order valence-electron chi connectivity index (χ3n) is 4.40. The van der Waals surface area contributed by atoms with Gasteiger partial charge in [0.15, 0.2) is 0 Å². The van der Waals surface area contributed by atoms with Gasteiger partial charge in [-0.1, -0.05) is 6.07 Å². The minimum absolute atomic E-state index is 0.438. The molecule has 1 saturated heterocycles. The minimum Gasteiger partial charge on any atom is -0.324 e. The van der Waals surface area contributed by atoms with E-state index < -0.39 is 0 Å². The Labute approximate surface area is 131 Å². The number of aryl methyl sites for hydroxylation is 2. The number of alkyl halides is 1.